The molecule has 0 spiro atoms. The molecule has 2 aliphatic rings. The van der Waals surface area contributed by atoms with E-state index in [1.54, 1.807) is 60.9 Å². The number of rotatable bonds is 10. The first-order chi connectivity index (χ1) is 25.9. The summed E-state index contributed by atoms with van der Waals surface area (Å²) in [6, 6.07) is 18.6. The average molecular weight is 755 g/mol. The van der Waals surface area contributed by atoms with E-state index >= 15 is 0 Å². The van der Waals surface area contributed by atoms with Crippen LogP contribution in [0.2, 0.25) is 0 Å². The van der Waals surface area contributed by atoms with Gasteiger partial charge in [-0.1, -0.05) is 54.6 Å². The number of piperidine rings is 1. The number of benzene rings is 2. The van der Waals surface area contributed by atoms with Gasteiger partial charge in [0, 0.05) is 38.8 Å². The summed E-state index contributed by atoms with van der Waals surface area (Å²) < 4.78 is 12.6. The van der Waals surface area contributed by atoms with Crippen molar-refractivity contribution in [1.29, 1.82) is 0 Å². The predicted molar refractivity (Wildman–Crippen MR) is 207 cm³/mol. The molecule has 2 N–H and O–H groups in total. The number of aromatic nitrogens is 1. The molecular weight excluding hydrogens is 700 g/mol. The fraction of sp³-hybridized carbons (Fsp3) is 0.488. The van der Waals surface area contributed by atoms with Crippen LogP contribution in [0, 0.1) is 0 Å². The molecule has 1 saturated heterocycles. The van der Waals surface area contributed by atoms with Crippen LogP contribution in [0.5, 0.6) is 0 Å². The van der Waals surface area contributed by atoms with Crippen molar-refractivity contribution >= 4 is 29.7 Å². The van der Waals surface area contributed by atoms with Gasteiger partial charge >= 0.3 is 11.9 Å². The Morgan fingerprint density at radius 2 is 1.47 bits per heavy atom. The molecule has 2 heterocycles. The van der Waals surface area contributed by atoms with Crippen molar-refractivity contribution in [3.8, 4) is 0 Å². The first kappa shape index (κ1) is 40.9. The Bertz CT molecular complexity index is 1950. The second kappa shape index (κ2) is 16.6. The Labute approximate surface area is 323 Å². The number of hydrogen-bond donors (Lipinski definition) is 2. The number of ether oxygens (including phenoxy) is 2. The van der Waals surface area contributed by atoms with E-state index in [9.17, 15) is 28.8 Å². The second-order valence-electron chi connectivity index (χ2n) is 16.5. The smallest absolute Gasteiger partial charge is 0.329 e. The Hall–Kier alpha value is -5.26. The molecule has 1 aliphatic heterocycles. The van der Waals surface area contributed by atoms with Crippen LogP contribution in [0.25, 0.3) is 0 Å². The highest BCUT2D eigenvalue weighted by atomic mass is 16.6. The minimum atomic E-state index is -1.26. The van der Waals surface area contributed by atoms with E-state index in [-0.39, 0.29) is 42.3 Å². The van der Waals surface area contributed by atoms with Gasteiger partial charge in [-0.2, -0.15) is 0 Å². The van der Waals surface area contributed by atoms with Gasteiger partial charge in [-0.3, -0.25) is 24.0 Å². The molecule has 0 unspecified atom stereocenters. The second-order valence-corrected chi connectivity index (χ2v) is 16.5. The minimum absolute atomic E-state index is 0.0262. The number of aryl methyl sites for hydroxylation is 1. The molecule has 3 atom stereocenters. The molecule has 0 saturated carbocycles. The van der Waals surface area contributed by atoms with Gasteiger partial charge in [-0.05, 0) is 102 Å². The molecule has 12 heteroatoms. The van der Waals surface area contributed by atoms with Crippen LogP contribution < -0.4 is 16.2 Å². The molecular formula is C43H54N4O8. The molecule has 12 nitrogen and oxygen atoms in total. The van der Waals surface area contributed by atoms with E-state index in [0.717, 1.165) is 5.56 Å². The molecule has 0 bridgehead atoms. The molecule has 5 rings (SSSR count). The lowest BCUT2D eigenvalue weighted by atomic mass is 9.62. The SMILES string of the molecule is Cn1cccc(C(=O)NC2CCN(C(=O)[C@H]3CC[C@@](C(=O)N[C@@H](CCC(=O)OC(C)(C)C)C(=O)OC(C)(C)C)(c4ccccc4)c4ccccc43)CC2)c1=O. The molecule has 1 fully saturated rings. The van der Waals surface area contributed by atoms with Crippen LogP contribution in [0.1, 0.15) is 113 Å². The number of nitrogens with zero attached hydrogens (tertiary/aromatic N) is 2. The van der Waals surface area contributed by atoms with Gasteiger partial charge in [-0.25, -0.2) is 4.79 Å². The van der Waals surface area contributed by atoms with Crippen molar-refractivity contribution in [3.63, 3.8) is 0 Å². The van der Waals surface area contributed by atoms with Crippen LogP contribution in [0.4, 0.5) is 0 Å². The number of carbonyl (C=O) groups is 5. The maximum atomic E-state index is 14.9. The molecule has 2 aromatic carbocycles. The fourth-order valence-corrected chi connectivity index (χ4v) is 7.54. The van der Waals surface area contributed by atoms with Crippen LogP contribution in [0.15, 0.2) is 77.7 Å². The first-order valence-corrected chi connectivity index (χ1v) is 19.1. The highest BCUT2D eigenvalue weighted by Gasteiger charge is 2.50. The van der Waals surface area contributed by atoms with Crippen molar-refractivity contribution < 1.29 is 33.4 Å². The highest BCUT2D eigenvalue weighted by molar-refractivity contribution is 5.97. The lowest BCUT2D eigenvalue weighted by Crippen LogP contribution is -2.54. The van der Waals surface area contributed by atoms with E-state index in [1.165, 1.54) is 10.6 Å². The molecule has 0 radical (unpaired) electrons. The number of hydrogen-bond acceptors (Lipinski definition) is 8. The molecule has 1 aromatic heterocycles. The third-order valence-electron chi connectivity index (χ3n) is 10.1. The van der Waals surface area contributed by atoms with Crippen LogP contribution in [-0.4, -0.2) is 75.5 Å². The highest BCUT2D eigenvalue weighted by Crippen LogP contribution is 2.48. The van der Waals surface area contributed by atoms with E-state index in [1.807, 2.05) is 59.5 Å². The summed E-state index contributed by atoms with van der Waals surface area (Å²) in [7, 11) is 1.60. The summed E-state index contributed by atoms with van der Waals surface area (Å²) in [6.07, 6.45) is 3.16. The lowest BCUT2D eigenvalue weighted by molar-refractivity contribution is -0.160. The number of carbonyl (C=O) groups excluding carboxylic acids is 5. The van der Waals surface area contributed by atoms with Gasteiger partial charge in [0.1, 0.15) is 22.8 Å². The Morgan fingerprint density at radius 3 is 2.13 bits per heavy atom. The zero-order chi connectivity index (χ0) is 40.1. The van der Waals surface area contributed by atoms with Crippen molar-refractivity contribution in [3.05, 3.63) is 106 Å². The third kappa shape index (κ3) is 9.71. The van der Waals surface area contributed by atoms with Gasteiger partial charge < -0.3 is 29.6 Å². The van der Waals surface area contributed by atoms with Crippen molar-refractivity contribution in [2.24, 2.45) is 7.05 Å². The molecule has 1 aliphatic carbocycles. The summed E-state index contributed by atoms with van der Waals surface area (Å²) in [5.41, 5.74) is -0.986. The maximum Gasteiger partial charge on any atom is 0.329 e. The number of likely N-dealkylation sites (tertiary alicyclic amines) is 1. The summed E-state index contributed by atoms with van der Waals surface area (Å²) >= 11 is 0. The van der Waals surface area contributed by atoms with Crippen LogP contribution in [-0.2, 0) is 41.1 Å². The summed E-state index contributed by atoms with van der Waals surface area (Å²) in [4.78, 5) is 82.7. The average Bonchev–Trinajstić information content (AvgIpc) is 3.12. The molecule has 294 valence electrons. The molecule has 55 heavy (non-hydrogen) atoms. The summed E-state index contributed by atoms with van der Waals surface area (Å²) in [6.45, 7) is 11.4. The normalized spacial score (nSPS) is 19.4. The maximum absolute atomic E-state index is 14.9. The van der Waals surface area contributed by atoms with Crippen LogP contribution >= 0.6 is 0 Å². The fourth-order valence-electron chi connectivity index (χ4n) is 7.54. The van der Waals surface area contributed by atoms with Crippen LogP contribution in [0.3, 0.4) is 0 Å². The quantitative estimate of drug-likeness (QED) is 0.277. The Kier molecular flexibility index (Phi) is 12.4. The number of fused-ring (bicyclic) bond motifs is 1. The Balaban J connectivity index is 1.38. The zero-order valence-electron chi connectivity index (χ0n) is 33.0. The Morgan fingerprint density at radius 1 is 0.836 bits per heavy atom. The van der Waals surface area contributed by atoms with Crippen molar-refractivity contribution in [1.82, 2.24) is 20.1 Å². The van der Waals surface area contributed by atoms with Gasteiger partial charge in [0.25, 0.3) is 11.5 Å². The summed E-state index contributed by atoms with van der Waals surface area (Å²) in [5.74, 6) is -2.59. The third-order valence-corrected chi connectivity index (χ3v) is 10.1. The van der Waals surface area contributed by atoms with E-state index in [2.05, 4.69) is 10.6 Å². The van der Waals surface area contributed by atoms with E-state index in [0.29, 0.717) is 43.5 Å². The molecule has 3 aromatic rings. The zero-order valence-corrected chi connectivity index (χ0v) is 33.0. The standard InChI is InChI=1S/C43H54N4O8/c1-41(2,3)54-35(48)20-19-34(39(52)55-42(4,5)6)45-40(53)43(28-14-9-8-10-15-28)24-21-31(30-16-11-12-18-33(30)43)38(51)47-26-22-29(23-27-47)44-36(49)32-17-13-25-46(7)37(32)50/h8-18,25,29,31,34H,19-24,26-27H2,1-7H3,(H,44,49)(H,45,53)/t31-,34-,43+/m0/s1. The van der Waals surface area contributed by atoms with Crippen molar-refractivity contribution in [2.75, 3.05) is 13.1 Å². The number of esters is 2. The largest absolute Gasteiger partial charge is 0.460 e. The van der Waals surface area contributed by atoms with Gasteiger partial charge in [0.2, 0.25) is 11.8 Å². The number of amides is 3. The number of pyridine rings is 1. The topological polar surface area (TPSA) is 153 Å². The number of nitrogens with one attached hydrogen (secondary N) is 2. The van der Waals surface area contributed by atoms with Gasteiger partial charge in [0.05, 0.1) is 11.3 Å². The first-order valence-electron chi connectivity index (χ1n) is 19.1. The van der Waals surface area contributed by atoms with E-state index in [4.69, 9.17) is 9.47 Å². The van der Waals surface area contributed by atoms with Crippen molar-refractivity contribution in [2.45, 2.75) is 115 Å². The molecule has 3 amide bonds. The monoisotopic (exact) mass is 754 g/mol. The van der Waals surface area contributed by atoms with Gasteiger partial charge in [0.15, 0.2) is 0 Å². The van der Waals surface area contributed by atoms with E-state index < -0.39 is 52.3 Å². The predicted octanol–water partition coefficient (Wildman–Crippen LogP) is 4.92. The van der Waals surface area contributed by atoms with Gasteiger partial charge in [-0.15, -0.1) is 0 Å². The lowest BCUT2D eigenvalue weighted by Gasteiger charge is -2.43. The summed E-state index contributed by atoms with van der Waals surface area (Å²) in [5, 5.41) is 5.95. The minimum Gasteiger partial charge on any atom is -0.460 e.